The highest BCUT2D eigenvalue weighted by molar-refractivity contribution is 4.67. The summed E-state index contributed by atoms with van der Waals surface area (Å²) in [4.78, 5) is 0. The van der Waals surface area contributed by atoms with Gasteiger partial charge in [0.2, 0.25) is 0 Å². The van der Waals surface area contributed by atoms with E-state index in [-0.39, 0.29) is 0 Å². The largest absolute Gasteiger partial charge is 0.316 e. The van der Waals surface area contributed by atoms with Crippen molar-refractivity contribution in [1.29, 1.82) is 0 Å². The van der Waals surface area contributed by atoms with Crippen molar-refractivity contribution < 1.29 is 0 Å². The van der Waals surface area contributed by atoms with Gasteiger partial charge in [-0.25, -0.2) is 0 Å². The molecule has 0 amide bonds. The fraction of sp³-hybridized carbons (Fsp3) is 1.00. The van der Waals surface area contributed by atoms with Gasteiger partial charge in [-0.05, 0) is 13.5 Å². The van der Waals surface area contributed by atoms with Crippen LogP contribution >= 0.6 is 0 Å². The standard InChI is InChI=1S/C9H22N2/c1-5-6-9(10-4)7-11-8(2)3/h8-11H,5-7H2,1-4H3. The van der Waals surface area contributed by atoms with E-state index < -0.39 is 0 Å². The second kappa shape index (κ2) is 6.62. The second-order valence-corrected chi connectivity index (χ2v) is 3.34. The minimum absolute atomic E-state index is 0.600. The first-order valence-electron chi connectivity index (χ1n) is 4.61. The molecule has 0 aromatic carbocycles. The fourth-order valence-corrected chi connectivity index (χ4v) is 1.07. The highest BCUT2D eigenvalue weighted by Gasteiger charge is 2.03. The van der Waals surface area contributed by atoms with Crippen molar-refractivity contribution in [2.45, 2.75) is 45.7 Å². The maximum absolute atomic E-state index is 3.42. The molecule has 0 spiro atoms. The van der Waals surface area contributed by atoms with E-state index in [0.29, 0.717) is 12.1 Å². The van der Waals surface area contributed by atoms with Gasteiger partial charge in [-0.15, -0.1) is 0 Å². The van der Waals surface area contributed by atoms with Crippen LogP contribution in [-0.4, -0.2) is 25.7 Å². The van der Waals surface area contributed by atoms with Gasteiger partial charge in [-0.3, -0.25) is 0 Å². The first-order chi connectivity index (χ1) is 5.20. The number of rotatable bonds is 6. The van der Waals surface area contributed by atoms with E-state index in [0.717, 1.165) is 6.54 Å². The van der Waals surface area contributed by atoms with Gasteiger partial charge in [0.1, 0.15) is 0 Å². The van der Waals surface area contributed by atoms with Crippen molar-refractivity contribution in [2.75, 3.05) is 13.6 Å². The molecule has 0 aliphatic carbocycles. The zero-order valence-corrected chi connectivity index (χ0v) is 8.28. The maximum Gasteiger partial charge on any atom is 0.0189 e. The molecular formula is C9H22N2. The number of likely N-dealkylation sites (N-methyl/N-ethyl adjacent to an activating group) is 1. The zero-order chi connectivity index (χ0) is 8.69. The molecule has 0 aliphatic heterocycles. The van der Waals surface area contributed by atoms with Crippen molar-refractivity contribution >= 4 is 0 Å². The SMILES string of the molecule is CCCC(CNC(C)C)NC. The third-order valence-electron chi connectivity index (χ3n) is 1.82. The van der Waals surface area contributed by atoms with Crippen LogP contribution in [0, 0.1) is 0 Å². The Hall–Kier alpha value is -0.0800. The first-order valence-corrected chi connectivity index (χ1v) is 4.61. The molecule has 0 bridgehead atoms. The third-order valence-corrected chi connectivity index (χ3v) is 1.82. The molecule has 2 nitrogen and oxygen atoms in total. The van der Waals surface area contributed by atoms with Gasteiger partial charge < -0.3 is 10.6 Å². The van der Waals surface area contributed by atoms with E-state index in [1.807, 2.05) is 7.05 Å². The first kappa shape index (κ1) is 10.9. The Balaban J connectivity index is 3.35. The Kier molecular flexibility index (Phi) is 6.57. The lowest BCUT2D eigenvalue weighted by Gasteiger charge is -2.17. The topological polar surface area (TPSA) is 24.1 Å². The molecule has 1 unspecified atom stereocenters. The molecule has 0 saturated heterocycles. The van der Waals surface area contributed by atoms with Crippen LogP contribution in [0.3, 0.4) is 0 Å². The summed E-state index contributed by atoms with van der Waals surface area (Å²) < 4.78 is 0. The van der Waals surface area contributed by atoms with Gasteiger partial charge in [-0.1, -0.05) is 27.2 Å². The lowest BCUT2D eigenvalue weighted by molar-refractivity contribution is 0.452. The van der Waals surface area contributed by atoms with E-state index in [9.17, 15) is 0 Å². The molecule has 2 N–H and O–H groups in total. The molecule has 2 heteroatoms. The van der Waals surface area contributed by atoms with Crippen molar-refractivity contribution in [2.24, 2.45) is 0 Å². The van der Waals surface area contributed by atoms with Crippen LogP contribution in [-0.2, 0) is 0 Å². The van der Waals surface area contributed by atoms with Gasteiger partial charge in [-0.2, -0.15) is 0 Å². The summed E-state index contributed by atoms with van der Waals surface area (Å²) in [6.07, 6.45) is 2.52. The van der Waals surface area contributed by atoms with E-state index in [2.05, 4.69) is 31.4 Å². The fourth-order valence-electron chi connectivity index (χ4n) is 1.07. The molecule has 11 heavy (non-hydrogen) atoms. The molecule has 0 saturated carbocycles. The summed E-state index contributed by atoms with van der Waals surface area (Å²) in [5.74, 6) is 0. The minimum Gasteiger partial charge on any atom is -0.316 e. The highest BCUT2D eigenvalue weighted by atomic mass is 15.0. The van der Waals surface area contributed by atoms with E-state index in [4.69, 9.17) is 0 Å². The van der Waals surface area contributed by atoms with Crippen LogP contribution in [0.1, 0.15) is 33.6 Å². The van der Waals surface area contributed by atoms with Crippen LogP contribution < -0.4 is 10.6 Å². The van der Waals surface area contributed by atoms with E-state index in [1.165, 1.54) is 12.8 Å². The van der Waals surface area contributed by atoms with Crippen molar-refractivity contribution in [3.8, 4) is 0 Å². The predicted octanol–water partition coefficient (Wildman–Crippen LogP) is 1.37. The zero-order valence-electron chi connectivity index (χ0n) is 8.28. The van der Waals surface area contributed by atoms with Crippen LogP contribution in [0.15, 0.2) is 0 Å². The second-order valence-electron chi connectivity index (χ2n) is 3.34. The minimum atomic E-state index is 0.600. The van der Waals surface area contributed by atoms with E-state index in [1.54, 1.807) is 0 Å². The van der Waals surface area contributed by atoms with Gasteiger partial charge in [0.15, 0.2) is 0 Å². The number of hydrogen-bond acceptors (Lipinski definition) is 2. The summed E-state index contributed by atoms with van der Waals surface area (Å²) in [6, 6.07) is 1.24. The predicted molar refractivity (Wildman–Crippen MR) is 50.9 cm³/mol. The molecule has 0 aliphatic rings. The Morgan fingerprint density at radius 2 is 1.91 bits per heavy atom. The third kappa shape index (κ3) is 6.32. The van der Waals surface area contributed by atoms with Crippen molar-refractivity contribution in [1.82, 2.24) is 10.6 Å². The van der Waals surface area contributed by atoms with Crippen molar-refractivity contribution in [3.05, 3.63) is 0 Å². The molecule has 0 rings (SSSR count). The Labute approximate surface area is 70.8 Å². The smallest absolute Gasteiger partial charge is 0.0189 e. The van der Waals surface area contributed by atoms with Crippen LogP contribution in [0.5, 0.6) is 0 Å². The molecule has 0 heterocycles. The lowest BCUT2D eigenvalue weighted by atomic mass is 10.1. The summed E-state index contributed by atoms with van der Waals surface area (Å²) in [7, 11) is 2.03. The van der Waals surface area contributed by atoms with Crippen molar-refractivity contribution in [3.63, 3.8) is 0 Å². The molecule has 0 radical (unpaired) electrons. The molecular weight excluding hydrogens is 136 g/mol. The molecule has 0 aromatic heterocycles. The number of hydrogen-bond donors (Lipinski definition) is 2. The van der Waals surface area contributed by atoms with Crippen LogP contribution in [0.2, 0.25) is 0 Å². The summed E-state index contributed by atoms with van der Waals surface area (Å²) in [5.41, 5.74) is 0. The van der Waals surface area contributed by atoms with Gasteiger partial charge in [0.05, 0.1) is 0 Å². The Morgan fingerprint density at radius 1 is 1.27 bits per heavy atom. The van der Waals surface area contributed by atoms with Crippen LogP contribution in [0.25, 0.3) is 0 Å². The summed E-state index contributed by atoms with van der Waals surface area (Å²) >= 11 is 0. The van der Waals surface area contributed by atoms with Gasteiger partial charge in [0.25, 0.3) is 0 Å². The lowest BCUT2D eigenvalue weighted by Crippen LogP contribution is -2.39. The molecule has 1 atom stereocenters. The molecule has 68 valence electrons. The number of nitrogens with one attached hydrogen (secondary N) is 2. The quantitative estimate of drug-likeness (QED) is 0.610. The Morgan fingerprint density at radius 3 is 2.27 bits per heavy atom. The average Bonchev–Trinajstić information content (AvgIpc) is 1.97. The van der Waals surface area contributed by atoms with Gasteiger partial charge in [0, 0.05) is 18.6 Å². The van der Waals surface area contributed by atoms with E-state index >= 15 is 0 Å². The summed E-state index contributed by atoms with van der Waals surface area (Å²) in [5, 5.41) is 6.71. The average molecular weight is 158 g/mol. The Bertz CT molecular complexity index is 81.6. The summed E-state index contributed by atoms with van der Waals surface area (Å²) in [6.45, 7) is 7.67. The maximum atomic E-state index is 3.42. The van der Waals surface area contributed by atoms with Gasteiger partial charge >= 0.3 is 0 Å². The molecule has 0 fully saturated rings. The normalized spacial score (nSPS) is 13.9. The highest BCUT2D eigenvalue weighted by Crippen LogP contribution is 1.94. The molecule has 0 aromatic rings. The van der Waals surface area contributed by atoms with Crippen LogP contribution in [0.4, 0.5) is 0 Å². The monoisotopic (exact) mass is 158 g/mol.